The normalized spacial score (nSPS) is 10.0. The lowest BCUT2D eigenvalue weighted by Gasteiger charge is -2.15. The van der Waals surface area contributed by atoms with E-state index in [0.29, 0.717) is 16.9 Å². The van der Waals surface area contributed by atoms with E-state index >= 15 is 0 Å². The van der Waals surface area contributed by atoms with Gasteiger partial charge in [0.2, 0.25) is 0 Å². The summed E-state index contributed by atoms with van der Waals surface area (Å²) >= 11 is 0. The van der Waals surface area contributed by atoms with Crippen molar-refractivity contribution in [2.75, 3.05) is 54.4 Å². The summed E-state index contributed by atoms with van der Waals surface area (Å²) in [6.45, 7) is 11.9. The highest BCUT2D eigenvalue weighted by molar-refractivity contribution is 5.73. The number of anilines is 7. The predicted octanol–water partition coefficient (Wildman–Crippen LogP) is 22.6. The summed E-state index contributed by atoms with van der Waals surface area (Å²) in [4.78, 5) is 0. The third-order valence-electron chi connectivity index (χ3n) is 14.2. The van der Waals surface area contributed by atoms with E-state index in [-0.39, 0.29) is 11.3 Å². The van der Waals surface area contributed by atoms with Gasteiger partial charge >= 0.3 is 6.18 Å². The van der Waals surface area contributed by atoms with Crippen LogP contribution in [0, 0.1) is 41.5 Å². The Morgan fingerprint density at radius 3 is 0.748 bits per heavy atom. The van der Waals surface area contributed by atoms with Crippen LogP contribution in [0.1, 0.15) is 38.9 Å². The van der Waals surface area contributed by atoms with Gasteiger partial charge in [-0.3, -0.25) is 0 Å². The summed E-state index contributed by atoms with van der Waals surface area (Å²) in [5, 5.41) is 0. The highest BCUT2D eigenvalue weighted by Crippen LogP contribution is 2.40. The summed E-state index contributed by atoms with van der Waals surface area (Å²) in [6.07, 6.45) is -4.41. The first kappa shape index (κ1) is 79.2. The number of nitrogens with two attached hydrogens (primary N) is 7. The zero-order valence-corrected chi connectivity index (χ0v) is 59.1. The molecule has 103 heavy (non-hydrogen) atoms. The van der Waals surface area contributed by atoms with Crippen molar-refractivity contribution in [3.05, 3.63) is 354 Å². The van der Waals surface area contributed by atoms with Gasteiger partial charge < -0.3 is 68.6 Å². The molecular formula is C87H90F3N7O6. The van der Waals surface area contributed by atoms with E-state index in [4.69, 9.17) is 63.8 Å². The van der Waals surface area contributed by atoms with Gasteiger partial charge in [-0.2, -0.15) is 13.2 Å². The molecule has 0 heterocycles. The molecule has 0 aliphatic carbocycles. The minimum atomic E-state index is -4.41. The molecule has 0 radical (unpaired) electrons. The SMILES string of the molecule is COC.Cc1ccc(-c2ccc(N)cc2C(F)(F)F)c(C)c1.Cc1ccc(N)cc1.Cc1ccc(Oc2ccc(Oc3ccc(N)cc3)cc2)cc1.Cc1ccc(Oc2cccc(Oc3ccc(N)cc3)c2)cc1.Cc1ccccc1.Nc1ccc(Oc2ccc(N)cc2)cc1.Nc1ccccc1. The molecule has 13 aromatic rings. The first-order chi connectivity index (χ1) is 49.4. The quantitative estimate of drug-likeness (QED) is 0.0598. The minimum Gasteiger partial charge on any atom is -0.457 e. The molecular weight excluding hydrogens is 1300 g/mol. The molecule has 0 aliphatic heterocycles. The zero-order chi connectivity index (χ0) is 74.5. The Bertz CT molecular complexity index is 4310. The molecule has 0 amide bonds. The van der Waals surface area contributed by atoms with E-state index in [9.17, 15) is 13.2 Å². The van der Waals surface area contributed by atoms with Gasteiger partial charge in [-0.1, -0.05) is 143 Å². The Hall–Kier alpha value is -12.8. The summed E-state index contributed by atoms with van der Waals surface area (Å²) in [5.41, 5.74) is 50.2. The van der Waals surface area contributed by atoms with E-state index in [1.54, 1.807) is 57.5 Å². The molecule has 530 valence electrons. The van der Waals surface area contributed by atoms with Crippen LogP contribution >= 0.6 is 0 Å². The van der Waals surface area contributed by atoms with E-state index in [2.05, 4.69) is 23.8 Å². The summed E-state index contributed by atoms with van der Waals surface area (Å²) in [7, 11) is 3.25. The van der Waals surface area contributed by atoms with Crippen LogP contribution in [0.2, 0.25) is 0 Å². The van der Waals surface area contributed by atoms with Gasteiger partial charge in [0.05, 0.1) is 5.56 Å². The van der Waals surface area contributed by atoms with Gasteiger partial charge in [0, 0.05) is 60.1 Å². The number of hydrogen-bond acceptors (Lipinski definition) is 13. The molecule has 0 aromatic heterocycles. The zero-order valence-electron chi connectivity index (χ0n) is 59.1. The molecule has 0 aliphatic rings. The maximum absolute atomic E-state index is 13.1. The maximum atomic E-state index is 13.1. The van der Waals surface area contributed by atoms with Crippen LogP contribution in [0.25, 0.3) is 11.1 Å². The van der Waals surface area contributed by atoms with Gasteiger partial charge in [-0.05, 0) is 252 Å². The number of alkyl halides is 3. The number of hydrogen-bond donors (Lipinski definition) is 7. The van der Waals surface area contributed by atoms with E-state index in [0.717, 1.165) is 97.4 Å². The second kappa shape index (κ2) is 41.6. The Morgan fingerprint density at radius 1 is 0.223 bits per heavy atom. The van der Waals surface area contributed by atoms with Gasteiger partial charge in [0.15, 0.2) is 0 Å². The number of benzene rings is 13. The highest BCUT2D eigenvalue weighted by atomic mass is 19.4. The van der Waals surface area contributed by atoms with Crippen molar-refractivity contribution in [1.29, 1.82) is 0 Å². The van der Waals surface area contributed by atoms with Gasteiger partial charge in [0.1, 0.15) is 57.5 Å². The maximum Gasteiger partial charge on any atom is 0.417 e. The Kier molecular flexibility index (Phi) is 32.0. The topological polar surface area (TPSA) is 238 Å². The minimum absolute atomic E-state index is 0.112. The van der Waals surface area contributed by atoms with Crippen molar-refractivity contribution in [2.24, 2.45) is 0 Å². The largest absolute Gasteiger partial charge is 0.457 e. The van der Waals surface area contributed by atoms with Crippen molar-refractivity contribution in [3.63, 3.8) is 0 Å². The van der Waals surface area contributed by atoms with Gasteiger partial charge in [0.25, 0.3) is 0 Å². The van der Waals surface area contributed by atoms with Crippen molar-refractivity contribution in [1.82, 2.24) is 0 Å². The number of halogens is 3. The number of ether oxygens (including phenoxy) is 6. The number of methoxy groups -OCH3 is 1. The lowest BCUT2D eigenvalue weighted by Crippen LogP contribution is -2.08. The third kappa shape index (κ3) is 30.5. The van der Waals surface area contributed by atoms with Gasteiger partial charge in [-0.25, -0.2) is 0 Å². The number of rotatable bonds is 11. The number of aryl methyl sites for hydroxylation is 6. The summed E-state index contributed by atoms with van der Waals surface area (Å²) in [5.74, 6) is 7.60. The molecule has 16 heteroatoms. The van der Waals surface area contributed by atoms with Crippen molar-refractivity contribution < 1.29 is 41.6 Å². The molecule has 13 nitrogen and oxygen atoms in total. The molecule has 13 rings (SSSR count). The second-order valence-electron chi connectivity index (χ2n) is 23.4. The lowest BCUT2D eigenvalue weighted by atomic mass is 9.94. The molecule has 13 aromatic carbocycles. The van der Waals surface area contributed by atoms with Crippen LogP contribution in [0.3, 0.4) is 0 Å². The van der Waals surface area contributed by atoms with Crippen LogP contribution in [0.15, 0.2) is 315 Å². The lowest BCUT2D eigenvalue weighted by molar-refractivity contribution is -0.137. The fourth-order valence-corrected chi connectivity index (χ4v) is 8.91. The van der Waals surface area contributed by atoms with Crippen LogP contribution < -0.4 is 63.8 Å². The monoisotopic (exact) mass is 1390 g/mol. The van der Waals surface area contributed by atoms with Crippen molar-refractivity contribution >= 4 is 39.8 Å². The Labute approximate surface area is 603 Å². The second-order valence-corrected chi connectivity index (χ2v) is 23.4. The molecule has 0 saturated heterocycles. The average Bonchev–Trinajstić information content (AvgIpc) is 0.791. The molecule has 0 saturated carbocycles. The fraction of sp³-hybridized carbons (Fsp3) is 0.103. The highest BCUT2D eigenvalue weighted by Gasteiger charge is 2.34. The average molecular weight is 1390 g/mol. The molecule has 14 N–H and O–H groups in total. The molecule has 0 unspecified atom stereocenters. The third-order valence-corrected chi connectivity index (χ3v) is 14.2. The van der Waals surface area contributed by atoms with E-state index in [1.807, 2.05) is 276 Å². The van der Waals surface area contributed by atoms with Gasteiger partial charge in [-0.15, -0.1) is 0 Å². The van der Waals surface area contributed by atoms with Crippen LogP contribution in [-0.2, 0) is 10.9 Å². The molecule has 0 spiro atoms. The van der Waals surface area contributed by atoms with Crippen molar-refractivity contribution in [2.45, 2.75) is 47.7 Å². The first-order valence-electron chi connectivity index (χ1n) is 32.6. The number of para-hydroxylation sites is 1. The fourth-order valence-electron chi connectivity index (χ4n) is 8.91. The molecule has 0 atom stereocenters. The summed E-state index contributed by atoms with van der Waals surface area (Å²) in [6, 6.07) is 96.8. The number of nitrogen functional groups attached to an aromatic ring is 7. The van der Waals surface area contributed by atoms with E-state index in [1.165, 1.54) is 34.4 Å². The molecule has 0 fully saturated rings. The Balaban J connectivity index is 0.000000195. The molecule has 0 bridgehead atoms. The predicted molar refractivity (Wildman–Crippen MR) is 420 cm³/mol. The van der Waals surface area contributed by atoms with E-state index < -0.39 is 11.7 Å². The standard InChI is InChI=1S/2C19H17NO2.C15H14F3N.C12H12N2O.C7H9N.C7H8.C6H7N.C2H6O/c1-14-2-6-16(7-3-14)21-18-10-12-19(13-11-18)22-17-8-4-15(20)5-9-17;1-14-5-9-16(10-6-14)21-18-3-2-4-19(13-18)22-17-11-7-15(20)8-12-17;1-9-3-5-12(10(2)7-9)13-6-4-11(19)8-14(13)15(16,17)18;13-9-1-5-11(6-2-9)15-12-7-3-10(14)4-8-12;1-6-2-4-7(8)5-3-6;1-7-5-3-2-4-6-7;7-6-4-2-1-3-5-6;1-3-2/h2*2-13H,20H2,1H3;3-8H,19H2,1-2H3;1-8H,13-14H2;2-5H,8H2,1H3;2-6H,1H3;1-5H,7H2;1-2H3. The summed E-state index contributed by atoms with van der Waals surface area (Å²) < 4.78 is 72.2. The van der Waals surface area contributed by atoms with Crippen LogP contribution in [0.5, 0.6) is 57.5 Å². The Morgan fingerprint density at radius 2 is 0.466 bits per heavy atom. The smallest absolute Gasteiger partial charge is 0.417 e. The van der Waals surface area contributed by atoms with Crippen molar-refractivity contribution in [3.8, 4) is 68.6 Å². The first-order valence-corrected chi connectivity index (χ1v) is 32.6. The van der Waals surface area contributed by atoms with Crippen LogP contribution in [-0.4, -0.2) is 14.2 Å². The van der Waals surface area contributed by atoms with Crippen LogP contribution in [0.4, 0.5) is 53.0 Å².